The Bertz CT molecular complexity index is 693. The van der Waals surface area contributed by atoms with Gasteiger partial charge in [-0.05, 0) is 25.0 Å². The van der Waals surface area contributed by atoms with E-state index in [9.17, 15) is 0 Å². The first-order valence-corrected chi connectivity index (χ1v) is 7.10. The van der Waals surface area contributed by atoms with Gasteiger partial charge in [0.25, 0.3) is 0 Å². The van der Waals surface area contributed by atoms with Crippen LogP contribution < -0.4 is 4.74 Å². The Kier molecular flexibility index (Phi) is 2.46. The lowest BCUT2D eigenvalue weighted by Crippen LogP contribution is -2.20. The Labute approximate surface area is 119 Å². The summed E-state index contributed by atoms with van der Waals surface area (Å²) in [5.41, 5.74) is 5.00. The van der Waals surface area contributed by atoms with Crippen LogP contribution in [0.25, 0.3) is 0 Å². The summed E-state index contributed by atoms with van der Waals surface area (Å²) in [7, 11) is 0. The van der Waals surface area contributed by atoms with E-state index in [1.165, 1.54) is 22.3 Å². The van der Waals surface area contributed by atoms with E-state index in [0.29, 0.717) is 5.92 Å². The summed E-state index contributed by atoms with van der Waals surface area (Å²) >= 11 is 0. The van der Waals surface area contributed by atoms with Crippen LogP contribution in [0.15, 0.2) is 58.6 Å². The number of aliphatic imine (C=N–C) groups is 1. The molecule has 0 amide bonds. The lowest BCUT2D eigenvalue weighted by molar-refractivity contribution is 0.253. The zero-order valence-electron chi connectivity index (χ0n) is 11.7. The molecular formula is C18H17NO. The Morgan fingerprint density at radius 1 is 1.15 bits per heavy atom. The normalized spacial score (nSPS) is 29.6. The SMILES string of the molecule is CC1=CC(c2cccc3c2OC2C(C)=CC=CC32)N=C1. The molecule has 100 valence electrons. The van der Waals surface area contributed by atoms with Gasteiger partial charge in [0.15, 0.2) is 0 Å². The van der Waals surface area contributed by atoms with Crippen LogP contribution in [-0.2, 0) is 0 Å². The average Bonchev–Trinajstić information content (AvgIpc) is 3.03. The molecule has 1 aliphatic carbocycles. The second kappa shape index (κ2) is 4.20. The van der Waals surface area contributed by atoms with Crippen molar-refractivity contribution in [2.45, 2.75) is 31.9 Å². The second-order valence-corrected chi connectivity index (χ2v) is 5.76. The number of hydrogen-bond donors (Lipinski definition) is 0. The van der Waals surface area contributed by atoms with Crippen LogP contribution >= 0.6 is 0 Å². The van der Waals surface area contributed by atoms with Crippen molar-refractivity contribution >= 4 is 6.21 Å². The van der Waals surface area contributed by atoms with E-state index in [1.807, 2.05) is 6.21 Å². The van der Waals surface area contributed by atoms with Crippen LogP contribution in [0.3, 0.4) is 0 Å². The van der Waals surface area contributed by atoms with Crippen LogP contribution in [-0.4, -0.2) is 12.3 Å². The van der Waals surface area contributed by atoms with Crippen LogP contribution in [0, 0.1) is 0 Å². The highest BCUT2D eigenvalue weighted by Gasteiger charge is 2.37. The molecule has 0 bridgehead atoms. The van der Waals surface area contributed by atoms with E-state index in [1.54, 1.807) is 0 Å². The number of rotatable bonds is 1. The maximum atomic E-state index is 6.28. The smallest absolute Gasteiger partial charge is 0.130 e. The van der Waals surface area contributed by atoms with E-state index in [4.69, 9.17) is 4.74 Å². The van der Waals surface area contributed by atoms with Gasteiger partial charge in [0.1, 0.15) is 11.9 Å². The Morgan fingerprint density at radius 3 is 2.80 bits per heavy atom. The standard InChI is InChI=1S/C18H17NO/c1-11-9-16(19-10-11)15-8-4-7-14-13-6-3-5-12(2)17(13)20-18(14)15/h3-10,13,16-17H,1-2H3. The van der Waals surface area contributed by atoms with Crippen molar-refractivity contribution in [2.24, 2.45) is 4.99 Å². The zero-order valence-corrected chi connectivity index (χ0v) is 11.7. The van der Waals surface area contributed by atoms with Crippen molar-refractivity contribution < 1.29 is 4.74 Å². The summed E-state index contributed by atoms with van der Waals surface area (Å²) in [6.07, 6.45) is 10.8. The van der Waals surface area contributed by atoms with E-state index in [2.05, 4.69) is 61.3 Å². The van der Waals surface area contributed by atoms with Crippen molar-refractivity contribution in [3.8, 4) is 5.75 Å². The molecule has 1 aromatic carbocycles. The van der Waals surface area contributed by atoms with Gasteiger partial charge in [0.2, 0.25) is 0 Å². The maximum Gasteiger partial charge on any atom is 0.130 e. The molecule has 1 aromatic rings. The number of ether oxygens (including phenoxy) is 1. The average molecular weight is 263 g/mol. The summed E-state index contributed by atoms with van der Waals surface area (Å²) in [4.78, 5) is 4.57. The number of para-hydroxylation sites is 1. The second-order valence-electron chi connectivity index (χ2n) is 5.76. The topological polar surface area (TPSA) is 21.6 Å². The van der Waals surface area contributed by atoms with Gasteiger partial charge >= 0.3 is 0 Å². The fourth-order valence-electron chi connectivity index (χ4n) is 3.27. The fraction of sp³-hybridized carbons (Fsp3) is 0.278. The molecule has 4 rings (SSSR count). The van der Waals surface area contributed by atoms with Crippen LogP contribution in [0.2, 0.25) is 0 Å². The molecule has 0 radical (unpaired) electrons. The summed E-state index contributed by atoms with van der Waals surface area (Å²) in [6.45, 7) is 4.23. The third kappa shape index (κ3) is 1.61. The van der Waals surface area contributed by atoms with Gasteiger partial charge in [-0.2, -0.15) is 0 Å². The minimum absolute atomic E-state index is 0.110. The lowest BCUT2D eigenvalue weighted by atomic mass is 9.87. The van der Waals surface area contributed by atoms with Crippen molar-refractivity contribution in [1.82, 2.24) is 0 Å². The fourth-order valence-corrected chi connectivity index (χ4v) is 3.27. The number of fused-ring (bicyclic) bond motifs is 3. The molecule has 3 atom stereocenters. The molecule has 2 nitrogen and oxygen atoms in total. The number of benzene rings is 1. The van der Waals surface area contributed by atoms with Crippen LogP contribution in [0.4, 0.5) is 0 Å². The minimum Gasteiger partial charge on any atom is -0.484 e. The van der Waals surface area contributed by atoms with E-state index < -0.39 is 0 Å². The third-order valence-electron chi connectivity index (χ3n) is 4.31. The monoisotopic (exact) mass is 263 g/mol. The number of allylic oxidation sites excluding steroid dienone is 3. The van der Waals surface area contributed by atoms with Crippen molar-refractivity contribution in [3.05, 3.63) is 64.8 Å². The largest absolute Gasteiger partial charge is 0.484 e. The first kappa shape index (κ1) is 11.7. The first-order valence-electron chi connectivity index (χ1n) is 7.10. The van der Waals surface area contributed by atoms with Gasteiger partial charge in [0.05, 0.1) is 6.04 Å². The molecule has 0 saturated heterocycles. The molecule has 0 saturated carbocycles. The van der Waals surface area contributed by atoms with Gasteiger partial charge in [-0.15, -0.1) is 0 Å². The molecule has 0 spiro atoms. The highest BCUT2D eigenvalue weighted by atomic mass is 16.5. The maximum absolute atomic E-state index is 6.28. The summed E-state index contributed by atoms with van der Waals surface area (Å²) in [6, 6.07) is 6.55. The molecule has 0 fully saturated rings. The molecule has 20 heavy (non-hydrogen) atoms. The number of nitrogens with zero attached hydrogens (tertiary/aromatic N) is 1. The summed E-state index contributed by atoms with van der Waals surface area (Å²) < 4.78 is 6.28. The van der Waals surface area contributed by atoms with Crippen molar-refractivity contribution in [1.29, 1.82) is 0 Å². The van der Waals surface area contributed by atoms with Gasteiger partial charge < -0.3 is 4.74 Å². The molecule has 2 heterocycles. The van der Waals surface area contributed by atoms with Gasteiger partial charge in [-0.25, -0.2) is 0 Å². The minimum atomic E-state index is 0.110. The van der Waals surface area contributed by atoms with Crippen LogP contribution in [0.5, 0.6) is 5.75 Å². The predicted octanol–water partition coefficient (Wildman–Crippen LogP) is 4.12. The molecule has 3 aliphatic rings. The zero-order chi connectivity index (χ0) is 13.7. The molecular weight excluding hydrogens is 246 g/mol. The van der Waals surface area contributed by atoms with Crippen molar-refractivity contribution in [3.63, 3.8) is 0 Å². The van der Waals surface area contributed by atoms with Crippen molar-refractivity contribution in [2.75, 3.05) is 0 Å². The van der Waals surface area contributed by atoms with E-state index in [0.717, 1.165) is 5.75 Å². The van der Waals surface area contributed by atoms with Gasteiger partial charge in [-0.3, -0.25) is 4.99 Å². The third-order valence-corrected chi connectivity index (χ3v) is 4.31. The molecule has 3 unspecified atom stereocenters. The number of hydrogen-bond acceptors (Lipinski definition) is 2. The molecule has 2 aliphatic heterocycles. The lowest BCUT2D eigenvalue weighted by Gasteiger charge is -2.19. The van der Waals surface area contributed by atoms with Crippen LogP contribution in [0.1, 0.15) is 36.9 Å². The van der Waals surface area contributed by atoms with E-state index in [-0.39, 0.29) is 12.1 Å². The summed E-state index contributed by atoms with van der Waals surface area (Å²) in [5.74, 6) is 1.39. The molecule has 0 aromatic heterocycles. The Balaban J connectivity index is 1.81. The highest BCUT2D eigenvalue weighted by Crippen LogP contribution is 2.47. The van der Waals surface area contributed by atoms with Gasteiger partial charge in [-0.1, -0.05) is 42.5 Å². The molecule has 0 N–H and O–H groups in total. The highest BCUT2D eigenvalue weighted by molar-refractivity contribution is 5.81. The quantitative estimate of drug-likeness (QED) is 0.747. The summed E-state index contributed by atoms with van der Waals surface area (Å²) in [5, 5.41) is 0. The first-order chi connectivity index (χ1) is 9.74. The van der Waals surface area contributed by atoms with Gasteiger partial charge in [0, 0.05) is 23.3 Å². The Hall–Kier alpha value is -2.09. The van der Waals surface area contributed by atoms with E-state index >= 15 is 0 Å². The predicted molar refractivity (Wildman–Crippen MR) is 81.5 cm³/mol. The Morgan fingerprint density at radius 2 is 2.00 bits per heavy atom. The molecule has 2 heteroatoms.